The molecule has 2 aliphatic rings. The van der Waals surface area contributed by atoms with Crippen LogP contribution in [0.25, 0.3) is 0 Å². The van der Waals surface area contributed by atoms with Crippen LogP contribution in [0.15, 0.2) is 11.6 Å². The van der Waals surface area contributed by atoms with Gasteiger partial charge in [-0.15, -0.1) is 11.3 Å². The third-order valence-electron chi connectivity index (χ3n) is 3.16. The molecule has 1 aliphatic carbocycles. The van der Waals surface area contributed by atoms with E-state index in [0.29, 0.717) is 0 Å². The molecule has 15 heavy (non-hydrogen) atoms. The van der Waals surface area contributed by atoms with Gasteiger partial charge in [0.15, 0.2) is 0 Å². The number of nitrogens with one attached hydrogen (secondary N) is 1. The second kappa shape index (κ2) is 4.20. The van der Waals surface area contributed by atoms with E-state index in [1.165, 1.54) is 37.4 Å². The fraction of sp³-hybridized carbons (Fsp3) is 0.727. The molecule has 0 spiro atoms. The van der Waals surface area contributed by atoms with Gasteiger partial charge in [0.05, 0.1) is 6.54 Å². The van der Waals surface area contributed by atoms with Crippen molar-refractivity contribution in [3.63, 3.8) is 0 Å². The Labute approximate surface area is 94.5 Å². The maximum Gasteiger partial charge on any atom is 0.107 e. The van der Waals surface area contributed by atoms with Crippen LogP contribution in [0.2, 0.25) is 0 Å². The molecule has 1 aromatic rings. The molecule has 0 radical (unpaired) electrons. The molecule has 2 heterocycles. The lowest BCUT2D eigenvalue weighted by molar-refractivity contribution is 0.319. The van der Waals surface area contributed by atoms with Gasteiger partial charge in [-0.3, -0.25) is 4.90 Å². The highest BCUT2D eigenvalue weighted by molar-refractivity contribution is 7.09. The molecule has 2 fully saturated rings. The van der Waals surface area contributed by atoms with Crippen LogP contribution in [-0.2, 0) is 6.54 Å². The van der Waals surface area contributed by atoms with Crippen LogP contribution >= 0.6 is 11.3 Å². The van der Waals surface area contributed by atoms with Crippen LogP contribution in [0, 0.1) is 0 Å². The number of nitrogens with zero attached hydrogens (tertiary/aromatic N) is 2. The third kappa shape index (κ3) is 2.56. The van der Waals surface area contributed by atoms with Gasteiger partial charge in [-0.1, -0.05) is 0 Å². The Kier molecular flexibility index (Phi) is 2.73. The zero-order chi connectivity index (χ0) is 10.1. The molecule has 1 aromatic heterocycles. The average Bonchev–Trinajstić information content (AvgIpc) is 2.74. The van der Waals surface area contributed by atoms with Gasteiger partial charge in [-0.2, -0.15) is 0 Å². The summed E-state index contributed by atoms with van der Waals surface area (Å²) in [6.45, 7) is 3.47. The highest BCUT2D eigenvalue weighted by Gasteiger charge is 2.29. The first-order valence-corrected chi connectivity index (χ1v) is 6.65. The molecule has 4 heteroatoms. The van der Waals surface area contributed by atoms with Gasteiger partial charge in [-0.05, 0) is 19.3 Å². The maximum atomic E-state index is 4.33. The molecule has 1 saturated heterocycles. The van der Waals surface area contributed by atoms with E-state index in [1.54, 1.807) is 11.3 Å². The van der Waals surface area contributed by atoms with E-state index in [0.717, 1.165) is 18.6 Å². The molecule has 0 amide bonds. The van der Waals surface area contributed by atoms with E-state index in [1.807, 2.05) is 6.20 Å². The zero-order valence-electron chi connectivity index (χ0n) is 8.85. The monoisotopic (exact) mass is 223 g/mol. The Morgan fingerprint density at radius 1 is 1.40 bits per heavy atom. The molecule has 1 unspecified atom stereocenters. The van der Waals surface area contributed by atoms with E-state index < -0.39 is 0 Å². The molecule has 0 aromatic carbocycles. The van der Waals surface area contributed by atoms with Crippen LogP contribution in [0.1, 0.15) is 24.3 Å². The Morgan fingerprint density at radius 3 is 3.07 bits per heavy atom. The fourth-order valence-electron chi connectivity index (χ4n) is 2.22. The highest BCUT2D eigenvalue weighted by atomic mass is 32.1. The molecule has 1 atom stereocenters. The Bertz CT molecular complexity index is 308. The van der Waals surface area contributed by atoms with Gasteiger partial charge >= 0.3 is 0 Å². The number of hydrogen-bond donors (Lipinski definition) is 1. The molecule has 0 bridgehead atoms. The van der Waals surface area contributed by atoms with E-state index in [-0.39, 0.29) is 0 Å². The molecule has 1 N–H and O–H groups in total. The summed E-state index contributed by atoms with van der Waals surface area (Å²) in [6, 6.07) is 1.58. The van der Waals surface area contributed by atoms with Gasteiger partial charge in [0, 0.05) is 36.8 Å². The number of aromatic nitrogens is 1. The minimum Gasteiger partial charge on any atom is -0.310 e. The highest BCUT2D eigenvalue weighted by Crippen LogP contribution is 2.22. The number of rotatable bonds is 4. The van der Waals surface area contributed by atoms with Crippen molar-refractivity contribution >= 4 is 11.3 Å². The smallest absolute Gasteiger partial charge is 0.107 e. The van der Waals surface area contributed by atoms with Crippen molar-refractivity contribution in [3.05, 3.63) is 16.6 Å². The van der Waals surface area contributed by atoms with Crippen LogP contribution < -0.4 is 5.32 Å². The topological polar surface area (TPSA) is 28.2 Å². The molecular formula is C11H17N3S. The summed E-state index contributed by atoms with van der Waals surface area (Å²) < 4.78 is 0. The Morgan fingerprint density at radius 2 is 2.33 bits per heavy atom. The largest absolute Gasteiger partial charge is 0.310 e. The molecular weight excluding hydrogens is 206 g/mol. The van der Waals surface area contributed by atoms with Crippen LogP contribution in [0.4, 0.5) is 0 Å². The maximum absolute atomic E-state index is 4.33. The SMILES string of the molecule is c1csc(CN2CCC(NC3CC3)C2)n1. The number of hydrogen-bond acceptors (Lipinski definition) is 4. The quantitative estimate of drug-likeness (QED) is 0.838. The summed E-state index contributed by atoms with van der Waals surface area (Å²) in [7, 11) is 0. The normalized spacial score (nSPS) is 27.3. The van der Waals surface area contributed by atoms with Crippen molar-refractivity contribution in [2.75, 3.05) is 13.1 Å². The molecule has 3 nitrogen and oxygen atoms in total. The summed E-state index contributed by atoms with van der Waals surface area (Å²) in [6.07, 6.45) is 5.99. The molecule has 3 rings (SSSR count). The van der Waals surface area contributed by atoms with Crippen molar-refractivity contribution in [2.24, 2.45) is 0 Å². The van der Waals surface area contributed by atoms with Crippen LogP contribution in [-0.4, -0.2) is 35.1 Å². The minimum absolute atomic E-state index is 0.734. The summed E-state index contributed by atoms with van der Waals surface area (Å²) in [5.41, 5.74) is 0. The van der Waals surface area contributed by atoms with E-state index in [4.69, 9.17) is 0 Å². The van der Waals surface area contributed by atoms with E-state index in [2.05, 4.69) is 20.6 Å². The van der Waals surface area contributed by atoms with Crippen LogP contribution in [0.5, 0.6) is 0 Å². The van der Waals surface area contributed by atoms with Gasteiger partial charge in [0.25, 0.3) is 0 Å². The van der Waals surface area contributed by atoms with E-state index in [9.17, 15) is 0 Å². The first-order valence-electron chi connectivity index (χ1n) is 5.77. The predicted octanol–water partition coefficient (Wildman–Crippen LogP) is 1.47. The van der Waals surface area contributed by atoms with E-state index >= 15 is 0 Å². The molecule has 1 aliphatic heterocycles. The van der Waals surface area contributed by atoms with Gasteiger partial charge < -0.3 is 5.32 Å². The average molecular weight is 223 g/mol. The Balaban J connectivity index is 1.48. The Hall–Kier alpha value is -0.450. The lowest BCUT2D eigenvalue weighted by Gasteiger charge is -2.14. The first kappa shape index (κ1) is 9.75. The minimum atomic E-state index is 0.734. The molecule has 82 valence electrons. The van der Waals surface area contributed by atoms with Gasteiger partial charge in [0.1, 0.15) is 5.01 Å². The van der Waals surface area contributed by atoms with Crippen molar-refractivity contribution in [3.8, 4) is 0 Å². The number of likely N-dealkylation sites (tertiary alicyclic amines) is 1. The number of thiazole rings is 1. The lowest BCUT2D eigenvalue weighted by atomic mass is 10.2. The second-order valence-electron chi connectivity index (χ2n) is 4.59. The lowest BCUT2D eigenvalue weighted by Crippen LogP contribution is -2.33. The summed E-state index contributed by atoms with van der Waals surface area (Å²) in [4.78, 5) is 6.85. The summed E-state index contributed by atoms with van der Waals surface area (Å²) in [5.74, 6) is 0. The summed E-state index contributed by atoms with van der Waals surface area (Å²) in [5, 5.41) is 7.02. The second-order valence-corrected chi connectivity index (χ2v) is 5.57. The van der Waals surface area contributed by atoms with Crippen molar-refractivity contribution in [2.45, 2.75) is 37.9 Å². The van der Waals surface area contributed by atoms with Gasteiger partial charge in [-0.25, -0.2) is 4.98 Å². The third-order valence-corrected chi connectivity index (χ3v) is 3.93. The van der Waals surface area contributed by atoms with Gasteiger partial charge in [0.2, 0.25) is 0 Å². The fourth-order valence-corrected chi connectivity index (χ4v) is 2.88. The molecule has 1 saturated carbocycles. The first-order chi connectivity index (χ1) is 7.40. The van der Waals surface area contributed by atoms with Crippen LogP contribution in [0.3, 0.4) is 0 Å². The standard InChI is InChI=1S/C11H17N3S/c1-2-9(1)13-10-3-5-14(7-10)8-11-12-4-6-15-11/h4,6,9-10,13H,1-3,5,7-8H2. The zero-order valence-corrected chi connectivity index (χ0v) is 9.67. The summed E-state index contributed by atoms with van der Waals surface area (Å²) >= 11 is 1.76. The van der Waals surface area contributed by atoms with Crippen molar-refractivity contribution < 1.29 is 0 Å². The van der Waals surface area contributed by atoms with Crippen molar-refractivity contribution in [1.29, 1.82) is 0 Å². The predicted molar refractivity (Wildman–Crippen MR) is 62.0 cm³/mol. The van der Waals surface area contributed by atoms with Crippen molar-refractivity contribution in [1.82, 2.24) is 15.2 Å².